The maximum atomic E-state index is 10.9. The number of hydrogen-bond donors (Lipinski definition) is 0. The highest BCUT2D eigenvalue weighted by molar-refractivity contribution is 5.74. The van der Waals surface area contributed by atoms with Gasteiger partial charge in [0.2, 0.25) is 5.76 Å². The summed E-state index contributed by atoms with van der Waals surface area (Å²) in [6.07, 6.45) is 3.20. The fourth-order valence-corrected chi connectivity index (χ4v) is 1.68. The predicted molar refractivity (Wildman–Crippen MR) is 69.8 cm³/mol. The molecular formula is C13H12N2O4. The van der Waals surface area contributed by atoms with E-state index in [1.165, 1.54) is 13.0 Å². The average Bonchev–Trinajstić information content (AvgIpc) is 2.78. The molecule has 98 valence electrons. The normalized spacial score (nSPS) is 10.8. The van der Waals surface area contributed by atoms with Crippen LogP contribution in [0, 0.1) is 17.0 Å². The van der Waals surface area contributed by atoms with Gasteiger partial charge in [-0.2, -0.15) is 0 Å². The topological polar surface area (TPSA) is 78.4 Å². The van der Waals surface area contributed by atoms with Crippen molar-refractivity contribution in [3.8, 4) is 5.75 Å². The second-order valence-corrected chi connectivity index (χ2v) is 3.81. The Labute approximate surface area is 109 Å². The van der Waals surface area contributed by atoms with Crippen molar-refractivity contribution in [2.75, 3.05) is 7.11 Å². The molecule has 0 amide bonds. The van der Waals surface area contributed by atoms with Gasteiger partial charge >= 0.3 is 5.69 Å². The standard InChI is InChI=1S/C13H12N2O4/c1-9-13(15(16)17)12(19-14-9)8-7-10-5-3-4-6-11(10)18-2/h3-8H,1-2H3. The molecule has 6 heteroatoms. The van der Waals surface area contributed by atoms with Crippen LogP contribution in [0.25, 0.3) is 12.2 Å². The molecule has 0 saturated heterocycles. The quantitative estimate of drug-likeness (QED) is 0.623. The van der Waals surface area contributed by atoms with Crippen LogP contribution in [0.15, 0.2) is 28.8 Å². The Balaban J connectivity index is 2.36. The molecule has 0 aliphatic carbocycles. The zero-order valence-electron chi connectivity index (χ0n) is 10.5. The van der Waals surface area contributed by atoms with Gasteiger partial charge < -0.3 is 9.26 Å². The van der Waals surface area contributed by atoms with Crippen molar-refractivity contribution >= 4 is 17.8 Å². The largest absolute Gasteiger partial charge is 0.496 e. The summed E-state index contributed by atoms with van der Waals surface area (Å²) in [5.74, 6) is 0.797. The number of methoxy groups -OCH3 is 1. The second kappa shape index (κ2) is 5.34. The molecule has 0 bridgehead atoms. The Morgan fingerprint density at radius 1 is 1.37 bits per heavy atom. The van der Waals surface area contributed by atoms with E-state index in [4.69, 9.17) is 9.26 Å². The molecule has 0 atom stereocenters. The van der Waals surface area contributed by atoms with Crippen molar-refractivity contribution in [2.45, 2.75) is 6.92 Å². The van der Waals surface area contributed by atoms with Crippen LogP contribution in [0.3, 0.4) is 0 Å². The summed E-state index contributed by atoms with van der Waals surface area (Å²) in [7, 11) is 1.56. The van der Waals surface area contributed by atoms with Gasteiger partial charge in [-0.3, -0.25) is 10.1 Å². The zero-order chi connectivity index (χ0) is 13.8. The molecule has 0 N–H and O–H groups in total. The Morgan fingerprint density at radius 3 is 2.79 bits per heavy atom. The highest BCUT2D eigenvalue weighted by atomic mass is 16.6. The van der Waals surface area contributed by atoms with Crippen LogP contribution in [-0.2, 0) is 0 Å². The number of rotatable bonds is 4. The van der Waals surface area contributed by atoms with Crippen molar-refractivity contribution in [3.63, 3.8) is 0 Å². The number of ether oxygens (including phenoxy) is 1. The van der Waals surface area contributed by atoms with Crippen molar-refractivity contribution in [2.24, 2.45) is 0 Å². The zero-order valence-corrected chi connectivity index (χ0v) is 10.5. The molecule has 0 aliphatic heterocycles. The fourth-order valence-electron chi connectivity index (χ4n) is 1.68. The van der Waals surface area contributed by atoms with Gasteiger partial charge in [0, 0.05) is 5.56 Å². The average molecular weight is 260 g/mol. The molecular weight excluding hydrogens is 248 g/mol. The van der Waals surface area contributed by atoms with Crippen LogP contribution in [0.5, 0.6) is 5.75 Å². The number of benzene rings is 1. The lowest BCUT2D eigenvalue weighted by molar-refractivity contribution is -0.386. The van der Waals surface area contributed by atoms with E-state index < -0.39 is 4.92 Å². The van der Waals surface area contributed by atoms with Gasteiger partial charge in [-0.05, 0) is 25.1 Å². The molecule has 0 fully saturated rings. The Kier molecular flexibility index (Phi) is 3.61. The lowest BCUT2D eigenvalue weighted by Crippen LogP contribution is -1.90. The Bertz CT molecular complexity index is 631. The van der Waals surface area contributed by atoms with Gasteiger partial charge in [-0.15, -0.1) is 0 Å². The summed E-state index contributed by atoms with van der Waals surface area (Å²) in [5.41, 5.74) is 0.934. The number of aryl methyl sites for hydroxylation is 1. The third kappa shape index (κ3) is 2.62. The van der Waals surface area contributed by atoms with E-state index in [0.717, 1.165) is 5.56 Å². The maximum absolute atomic E-state index is 10.9. The molecule has 2 rings (SSSR count). The first kappa shape index (κ1) is 12.8. The molecule has 0 aliphatic rings. The Hall–Kier alpha value is -2.63. The second-order valence-electron chi connectivity index (χ2n) is 3.81. The first-order valence-corrected chi connectivity index (χ1v) is 5.55. The third-order valence-electron chi connectivity index (χ3n) is 2.59. The Morgan fingerprint density at radius 2 is 2.11 bits per heavy atom. The summed E-state index contributed by atoms with van der Waals surface area (Å²) < 4.78 is 10.1. The van der Waals surface area contributed by atoms with Gasteiger partial charge in [-0.1, -0.05) is 23.4 Å². The minimum Gasteiger partial charge on any atom is -0.496 e. The molecule has 2 aromatic rings. The molecule has 0 saturated carbocycles. The van der Waals surface area contributed by atoms with Gasteiger partial charge in [0.1, 0.15) is 5.75 Å². The molecule has 0 unspecified atom stereocenters. The first-order chi connectivity index (χ1) is 9.13. The van der Waals surface area contributed by atoms with Crippen molar-refractivity contribution in [3.05, 3.63) is 51.4 Å². The van der Waals surface area contributed by atoms with E-state index in [9.17, 15) is 10.1 Å². The molecule has 1 aromatic heterocycles. The molecule has 1 aromatic carbocycles. The lowest BCUT2D eigenvalue weighted by atomic mass is 10.1. The van der Waals surface area contributed by atoms with Crippen molar-refractivity contribution < 1.29 is 14.2 Å². The number of nitrogens with zero attached hydrogens (tertiary/aromatic N) is 2. The summed E-state index contributed by atoms with van der Waals surface area (Å²) in [6.45, 7) is 1.53. The number of para-hydroxylation sites is 1. The summed E-state index contributed by atoms with van der Waals surface area (Å²) >= 11 is 0. The van der Waals surface area contributed by atoms with Crippen molar-refractivity contribution in [1.82, 2.24) is 5.16 Å². The molecule has 6 nitrogen and oxygen atoms in total. The minimum atomic E-state index is -0.506. The van der Waals surface area contributed by atoms with E-state index in [1.54, 1.807) is 19.3 Å². The third-order valence-corrected chi connectivity index (χ3v) is 2.59. The molecule has 1 heterocycles. The van der Waals surface area contributed by atoms with Crippen LogP contribution in [0.4, 0.5) is 5.69 Å². The van der Waals surface area contributed by atoms with E-state index in [2.05, 4.69) is 5.16 Å². The van der Waals surface area contributed by atoms with Crippen LogP contribution >= 0.6 is 0 Å². The maximum Gasteiger partial charge on any atom is 0.338 e. The van der Waals surface area contributed by atoms with Gasteiger partial charge in [0.05, 0.1) is 12.0 Å². The minimum absolute atomic E-state index is 0.119. The van der Waals surface area contributed by atoms with Crippen LogP contribution in [0.1, 0.15) is 17.0 Å². The van der Waals surface area contributed by atoms with Crippen molar-refractivity contribution in [1.29, 1.82) is 0 Å². The number of hydrogen-bond acceptors (Lipinski definition) is 5. The molecule has 0 radical (unpaired) electrons. The lowest BCUT2D eigenvalue weighted by Gasteiger charge is -2.02. The predicted octanol–water partition coefficient (Wildman–Crippen LogP) is 3.07. The van der Waals surface area contributed by atoms with E-state index in [0.29, 0.717) is 5.75 Å². The van der Waals surface area contributed by atoms with E-state index in [-0.39, 0.29) is 17.1 Å². The summed E-state index contributed by atoms with van der Waals surface area (Å²) in [5, 5.41) is 14.5. The smallest absolute Gasteiger partial charge is 0.338 e. The van der Waals surface area contributed by atoms with Crippen LogP contribution in [0.2, 0.25) is 0 Å². The van der Waals surface area contributed by atoms with Gasteiger partial charge in [-0.25, -0.2) is 0 Å². The summed E-state index contributed by atoms with van der Waals surface area (Å²) in [4.78, 5) is 10.4. The van der Waals surface area contributed by atoms with Crippen LogP contribution in [-0.4, -0.2) is 17.2 Å². The fraction of sp³-hybridized carbons (Fsp3) is 0.154. The monoisotopic (exact) mass is 260 g/mol. The highest BCUT2D eigenvalue weighted by Gasteiger charge is 2.21. The summed E-state index contributed by atoms with van der Waals surface area (Å²) in [6, 6.07) is 7.34. The van der Waals surface area contributed by atoms with E-state index >= 15 is 0 Å². The SMILES string of the molecule is COc1ccccc1C=Cc1onc(C)c1[N+](=O)[O-]. The highest BCUT2D eigenvalue weighted by Crippen LogP contribution is 2.26. The first-order valence-electron chi connectivity index (χ1n) is 5.55. The van der Waals surface area contributed by atoms with Crippen LogP contribution < -0.4 is 4.74 Å². The number of nitro groups is 1. The van der Waals surface area contributed by atoms with E-state index in [1.807, 2.05) is 18.2 Å². The van der Waals surface area contributed by atoms with Gasteiger partial charge in [0.15, 0.2) is 5.69 Å². The molecule has 19 heavy (non-hydrogen) atoms. The molecule has 0 spiro atoms. The van der Waals surface area contributed by atoms with Gasteiger partial charge in [0.25, 0.3) is 0 Å². The number of aromatic nitrogens is 1.